The molecule has 0 saturated carbocycles. The van der Waals surface area contributed by atoms with Gasteiger partial charge in [0.1, 0.15) is 4.90 Å². The summed E-state index contributed by atoms with van der Waals surface area (Å²) in [5, 5.41) is 0. The first kappa shape index (κ1) is 15.7. The number of benzene rings is 1. The molecule has 1 aliphatic rings. The molecule has 0 spiro atoms. The van der Waals surface area contributed by atoms with Crippen LogP contribution in [0.1, 0.15) is 6.42 Å². The van der Waals surface area contributed by atoms with E-state index in [1.54, 1.807) is 0 Å². The molecule has 0 aromatic heterocycles. The zero-order valence-corrected chi connectivity index (χ0v) is 14.3. The monoisotopic (exact) mass is 425 g/mol. The van der Waals surface area contributed by atoms with Crippen LogP contribution >= 0.6 is 31.9 Å². The Morgan fingerprint density at radius 2 is 1.85 bits per heavy atom. The Kier molecular flexibility index (Phi) is 4.43. The van der Waals surface area contributed by atoms with Gasteiger partial charge in [-0.3, -0.25) is 4.79 Å². The van der Waals surface area contributed by atoms with Crippen molar-refractivity contribution in [2.45, 2.75) is 11.3 Å². The molecule has 1 aromatic rings. The summed E-state index contributed by atoms with van der Waals surface area (Å²) in [6.45, 7) is 0.389. The van der Waals surface area contributed by atoms with Gasteiger partial charge in [0.25, 0.3) is 0 Å². The number of carbonyl (C=O) groups excluding carboxylic acids is 1. The van der Waals surface area contributed by atoms with Gasteiger partial charge in [0.2, 0.25) is 15.9 Å². The Morgan fingerprint density at radius 3 is 2.30 bits per heavy atom. The van der Waals surface area contributed by atoms with Crippen molar-refractivity contribution in [3.8, 4) is 0 Å². The van der Waals surface area contributed by atoms with Gasteiger partial charge in [0.15, 0.2) is 0 Å². The predicted molar refractivity (Wildman–Crippen MR) is 82.3 cm³/mol. The molecule has 1 heterocycles. The molecule has 1 unspecified atom stereocenters. The Balaban J connectivity index is 2.40. The van der Waals surface area contributed by atoms with E-state index in [1.807, 2.05) is 0 Å². The van der Waals surface area contributed by atoms with Crippen molar-refractivity contribution in [2.75, 3.05) is 18.8 Å². The molecule has 1 fully saturated rings. The van der Waals surface area contributed by atoms with Crippen molar-refractivity contribution in [1.82, 2.24) is 4.31 Å². The fourth-order valence-corrected chi connectivity index (χ4v) is 6.17. The molecule has 1 aliphatic heterocycles. The summed E-state index contributed by atoms with van der Waals surface area (Å²) in [7, 11) is -3.71. The number of nitrogens with zero attached hydrogens (tertiary/aromatic N) is 1. The average molecular weight is 427 g/mol. The highest BCUT2D eigenvalue weighted by molar-refractivity contribution is 9.11. The van der Waals surface area contributed by atoms with E-state index in [4.69, 9.17) is 11.5 Å². The first-order valence-corrected chi connectivity index (χ1v) is 8.80. The molecule has 1 aromatic carbocycles. The number of hydrogen-bond donors (Lipinski definition) is 2. The molecular weight excluding hydrogens is 414 g/mol. The van der Waals surface area contributed by atoms with Crippen molar-refractivity contribution >= 4 is 53.5 Å². The lowest BCUT2D eigenvalue weighted by atomic mass is 10.1. The molecule has 6 nitrogen and oxygen atoms in total. The standard InChI is InChI=1S/C11H13Br2N3O3S/c12-8-3-7(14)4-9(13)10(8)20(18,19)16-2-1-6(5-16)11(15)17/h3-4,6H,1-2,5,14H2,(H2,15,17). The van der Waals surface area contributed by atoms with E-state index < -0.39 is 21.8 Å². The quantitative estimate of drug-likeness (QED) is 0.710. The molecule has 4 N–H and O–H groups in total. The number of nitrogen functional groups attached to an aromatic ring is 1. The lowest BCUT2D eigenvalue weighted by Crippen LogP contribution is -2.32. The van der Waals surface area contributed by atoms with Gasteiger partial charge >= 0.3 is 0 Å². The molecule has 20 heavy (non-hydrogen) atoms. The van der Waals surface area contributed by atoms with E-state index >= 15 is 0 Å². The van der Waals surface area contributed by atoms with Crippen LogP contribution in [0.4, 0.5) is 5.69 Å². The van der Waals surface area contributed by atoms with Crippen LogP contribution in [0.15, 0.2) is 26.0 Å². The molecule has 0 radical (unpaired) electrons. The SMILES string of the molecule is NC(=O)C1CCN(S(=O)(=O)c2c(Br)cc(N)cc2Br)C1. The highest BCUT2D eigenvalue weighted by Gasteiger charge is 2.36. The van der Waals surface area contributed by atoms with Gasteiger partial charge in [0, 0.05) is 27.7 Å². The van der Waals surface area contributed by atoms with Crippen LogP contribution < -0.4 is 11.5 Å². The van der Waals surface area contributed by atoms with Gasteiger partial charge in [-0.2, -0.15) is 4.31 Å². The van der Waals surface area contributed by atoms with E-state index in [9.17, 15) is 13.2 Å². The van der Waals surface area contributed by atoms with Crippen LogP contribution in [-0.4, -0.2) is 31.7 Å². The number of anilines is 1. The first-order chi connectivity index (χ1) is 9.23. The zero-order chi connectivity index (χ0) is 15.1. The second-order valence-electron chi connectivity index (χ2n) is 4.56. The molecule has 1 atom stereocenters. The van der Waals surface area contributed by atoms with Crippen molar-refractivity contribution in [3.63, 3.8) is 0 Å². The molecule has 9 heteroatoms. The number of sulfonamides is 1. The summed E-state index contributed by atoms with van der Waals surface area (Å²) >= 11 is 6.43. The van der Waals surface area contributed by atoms with Gasteiger partial charge in [0.05, 0.1) is 5.92 Å². The van der Waals surface area contributed by atoms with Gasteiger partial charge in [-0.15, -0.1) is 0 Å². The molecule has 2 rings (SSSR count). The highest BCUT2D eigenvalue weighted by Crippen LogP contribution is 2.36. The maximum Gasteiger partial charge on any atom is 0.245 e. The maximum absolute atomic E-state index is 12.6. The maximum atomic E-state index is 12.6. The second-order valence-corrected chi connectivity index (χ2v) is 8.15. The fraction of sp³-hybridized carbons (Fsp3) is 0.364. The smallest absolute Gasteiger partial charge is 0.245 e. The Morgan fingerprint density at radius 1 is 1.30 bits per heavy atom. The van der Waals surface area contributed by atoms with Gasteiger partial charge < -0.3 is 11.5 Å². The summed E-state index contributed by atoms with van der Waals surface area (Å²) in [6, 6.07) is 3.05. The second kappa shape index (κ2) is 5.63. The molecule has 1 saturated heterocycles. The third kappa shape index (κ3) is 2.85. The van der Waals surface area contributed by atoms with Crippen LogP contribution in [0.3, 0.4) is 0 Å². The minimum absolute atomic E-state index is 0.108. The number of carbonyl (C=O) groups is 1. The molecular formula is C11H13Br2N3O3S. The van der Waals surface area contributed by atoms with Crippen molar-refractivity contribution in [1.29, 1.82) is 0 Å². The lowest BCUT2D eigenvalue weighted by molar-refractivity contribution is -0.121. The summed E-state index contributed by atoms with van der Waals surface area (Å²) < 4.78 is 27.3. The lowest BCUT2D eigenvalue weighted by Gasteiger charge is -2.18. The zero-order valence-electron chi connectivity index (χ0n) is 10.3. The number of hydrogen-bond acceptors (Lipinski definition) is 4. The van der Waals surface area contributed by atoms with Crippen molar-refractivity contribution < 1.29 is 13.2 Å². The summed E-state index contributed by atoms with van der Waals surface area (Å²) in [6.07, 6.45) is 0.443. The Bertz CT molecular complexity index is 640. The minimum Gasteiger partial charge on any atom is -0.399 e. The van der Waals surface area contributed by atoms with E-state index in [1.165, 1.54) is 16.4 Å². The first-order valence-electron chi connectivity index (χ1n) is 5.77. The van der Waals surface area contributed by atoms with Gasteiger partial charge in [-0.25, -0.2) is 8.42 Å². The third-order valence-electron chi connectivity index (χ3n) is 3.17. The molecule has 0 aliphatic carbocycles. The molecule has 110 valence electrons. The van der Waals surface area contributed by atoms with Crippen LogP contribution in [0.2, 0.25) is 0 Å². The van der Waals surface area contributed by atoms with Crippen LogP contribution in [0.5, 0.6) is 0 Å². The largest absolute Gasteiger partial charge is 0.399 e. The number of halogens is 2. The summed E-state index contributed by atoms with van der Waals surface area (Å²) in [5.74, 6) is -0.908. The Hall–Kier alpha value is -0.640. The normalized spacial score (nSPS) is 20.2. The number of rotatable bonds is 3. The molecule has 0 bridgehead atoms. The summed E-state index contributed by atoms with van der Waals surface area (Å²) in [4.78, 5) is 11.3. The third-order valence-corrected chi connectivity index (χ3v) is 6.91. The minimum atomic E-state index is -3.71. The number of primary amides is 1. The average Bonchev–Trinajstić information content (AvgIpc) is 2.76. The topological polar surface area (TPSA) is 106 Å². The van der Waals surface area contributed by atoms with Crippen LogP contribution in [0, 0.1) is 5.92 Å². The fourth-order valence-electron chi connectivity index (χ4n) is 2.13. The van der Waals surface area contributed by atoms with E-state index in [-0.39, 0.29) is 18.0 Å². The number of amides is 1. The van der Waals surface area contributed by atoms with E-state index in [2.05, 4.69) is 31.9 Å². The predicted octanol–water partition coefficient (Wildman–Crippen LogP) is 1.29. The molecule has 1 amide bonds. The van der Waals surface area contributed by atoms with Crippen LogP contribution in [0.25, 0.3) is 0 Å². The number of nitrogens with two attached hydrogens (primary N) is 2. The van der Waals surface area contributed by atoms with E-state index in [0.717, 1.165) is 0 Å². The summed E-state index contributed by atoms with van der Waals surface area (Å²) in [5.41, 5.74) is 11.3. The van der Waals surface area contributed by atoms with Crippen molar-refractivity contribution in [2.24, 2.45) is 11.7 Å². The highest BCUT2D eigenvalue weighted by atomic mass is 79.9. The van der Waals surface area contributed by atoms with Crippen molar-refractivity contribution in [3.05, 3.63) is 21.1 Å². The van der Waals surface area contributed by atoms with Gasteiger partial charge in [-0.1, -0.05) is 0 Å². The Labute approximate surface area is 133 Å². The van der Waals surface area contributed by atoms with E-state index in [0.29, 0.717) is 21.1 Å². The van der Waals surface area contributed by atoms with Crippen LogP contribution in [-0.2, 0) is 14.8 Å². The van der Waals surface area contributed by atoms with Gasteiger partial charge in [-0.05, 0) is 50.4 Å².